The molecule has 2 fully saturated rings. The Balaban J connectivity index is 1.50. The predicted molar refractivity (Wildman–Crippen MR) is 129 cm³/mol. The first-order valence-corrected chi connectivity index (χ1v) is 11.5. The van der Waals surface area contributed by atoms with Gasteiger partial charge in [-0.15, -0.1) is 5.92 Å². The second-order valence-corrected chi connectivity index (χ2v) is 9.53. The largest absolute Gasteiger partial charge is 0.371 e. The van der Waals surface area contributed by atoms with Crippen LogP contribution in [-0.2, 0) is 9.59 Å². The van der Waals surface area contributed by atoms with Gasteiger partial charge in [-0.05, 0) is 80.0 Å². The number of Topliss-reactive ketones (excluding diaryl/α,β-unsaturated/α-hetero) is 2. The van der Waals surface area contributed by atoms with Crippen LogP contribution in [0.1, 0.15) is 66.3 Å². The number of halogens is 1. The SMILES string of the molecule is C=C(c1ccccc1F)N1CCC2(CC1)CC(=O)C(c1c(C)cc(C#CC)cc1C)C(=O)C2. The molecule has 1 saturated heterocycles. The third kappa shape index (κ3) is 4.37. The molecule has 0 aromatic heterocycles. The van der Waals surface area contributed by atoms with Crippen molar-refractivity contribution in [1.82, 2.24) is 4.90 Å². The van der Waals surface area contributed by atoms with Gasteiger partial charge in [-0.1, -0.05) is 24.6 Å². The maximum atomic E-state index is 14.2. The van der Waals surface area contributed by atoms with Crippen LogP contribution in [0.25, 0.3) is 5.70 Å². The van der Waals surface area contributed by atoms with Crippen molar-refractivity contribution in [2.75, 3.05) is 13.1 Å². The Bertz CT molecular complexity index is 1150. The molecular weight excluding hydrogens is 413 g/mol. The smallest absolute Gasteiger partial charge is 0.148 e. The van der Waals surface area contributed by atoms with Crippen molar-refractivity contribution < 1.29 is 14.0 Å². The van der Waals surface area contributed by atoms with Crippen molar-refractivity contribution in [2.24, 2.45) is 5.41 Å². The molecule has 0 atom stereocenters. The van der Waals surface area contributed by atoms with E-state index in [1.165, 1.54) is 6.07 Å². The number of benzene rings is 2. The van der Waals surface area contributed by atoms with Crippen molar-refractivity contribution in [1.29, 1.82) is 0 Å². The number of piperidine rings is 1. The number of nitrogens with zero attached hydrogens (tertiary/aromatic N) is 1. The molecule has 2 aromatic rings. The van der Waals surface area contributed by atoms with Crippen LogP contribution in [0.3, 0.4) is 0 Å². The predicted octanol–water partition coefficient (Wildman–Crippen LogP) is 5.58. The van der Waals surface area contributed by atoms with Crippen molar-refractivity contribution in [2.45, 2.75) is 52.4 Å². The molecule has 170 valence electrons. The van der Waals surface area contributed by atoms with Crippen LogP contribution in [0.5, 0.6) is 0 Å². The quantitative estimate of drug-likeness (QED) is 0.459. The summed E-state index contributed by atoms with van der Waals surface area (Å²) in [6.45, 7) is 11.2. The van der Waals surface area contributed by atoms with Crippen LogP contribution in [0, 0.1) is 36.9 Å². The Hall–Kier alpha value is -3.19. The second-order valence-electron chi connectivity index (χ2n) is 9.53. The summed E-state index contributed by atoms with van der Waals surface area (Å²) < 4.78 is 14.2. The lowest BCUT2D eigenvalue weighted by atomic mass is 9.62. The molecule has 1 heterocycles. The van der Waals surface area contributed by atoms with E-state index in [2.05, 4.69) is 23.3 Å². The standard InChI is InChI=1S/C29H30FNO2/c1-5-8-22-15-19(2)27(20(3)16-22)28-25(32)17-29(18-26(28)33)11-13-31(14-12-29)21(4)23-9-6-7-10-24(23)30/h6-7,9-10,15-16,28H,4,11-14,17-18H2,1-3H3. The summed E-state index contributed by atoms with van der Waals surface area (Å²) in [6, 6.07) is 10.6. The van der Waals surface area contributed by atoms with Crippen molar-refractivity contribution in [3.05, 3.63) is 76.6 Å². The first kappa shape index (κ1) is 23.0. The number of likely N-dealkylation sites (tertiary alicyclic amines) is 1. The number of ketones is 2. The molecule has 4 rings (SSSR count). The number of carbonyl (C=O) groups is 2. The number of hydrogen-bond donors (Lipinski definition) is 0. The molecule has 2 aliphatic rings. The molecule has 3 nitrogen and oxygen atoms in total. The second kappa shape index (κ2) is 8.98. The van der Waals surface area contributed by atoms with Gasteiger partial charge in [0, 0.05) is 42.8 Å². The third-order valence-electron chi connectivity index (χ3n) is 7.28. The van der Waals surface area contributed by atoms with E-state index in [9.17, 15) is 14.0 Å². The van der Waals surface area contributed by atoms with E-state index in [-0.39, 0.29) is 22.8 Å². The summed E-state index contributed by atoms with van der Waals surface area (Å²) in [6.07, 6.45) is 2.29. The molecule has 0 bridgehead atoms. The van der Waals surface area contributed by atoms with Gasteiger partial charge >= 0.3 is 0 Å². The van der Waals surface area contributed by atoms with E-state index in [1.807, 2.05) is 26.0 Å². The van der Waals surface area contributed by atoms with Crippen LogP contribution >= 0.6 is 0 Å². The summed E-state index contributed by atoms with van der Waals surface area (Å²) in [5.74, 6) is 5.05. The van der Waals surface area contributed by atoms with Gasteiger partial charge in [-0.25, -0.2) is 4.39 Å². The maximum Gasteiger partial charge on any atom is 0.148 e. The lowest BCUT2D eigenvalue weighted by molar-refractivity contribution is -0.138. The van der Waals surface area contributed by atoms with Gasteiger partial charge in [0.05, 0.1) is 0 Å². The maximum absolute atomic E-state index is 14.2. The van der Waals surface area contributed by atoms with Gasteiger partial charge < -0.3 is 4.90 Å². The molecule has 0 unspecified atom stereocenters. The summed E-state index contributed by atoms with van der Waals surface area (Å²) in [4.78, 5) is 28.8. The molecule has 1 spiro atoms. The Morgan fingerprint density at radius 3 is 2.18 bits per heavy atom. The average molecular weight is 444 g/mol. The first-order valence-electron chi connectivity index (χ1n) is 11.5. The Morgan fingerprint density at radius 2 is 1.64 bits per heavy atom. The zero-order chi connectivity index (χ0) is 23.8. The van der Waals surface area contributed by atoms with Crippen LogP contribution in [0.4, 0.5) is 4.39 Å². The van der Waals surface area contributed by atoms with Crippen molar-refractivity contribution >= 4 is 17.3 Å². The number of rotatable bonds is 3. The summed E-state index contributed by atoms with van der Waals surface area (Å²) in [5.41, 5.74) is 4.53. The molecule has 1 saturated carbocycles. The lowest BCUT2D eigenvalue weighted by Crippen LogP contribution is -2.46. The Morgan fingerprint density at radius 1 is 1.06 bits per heavy atom. The van der Waals surface area contributed by atoms with Gasteiger partial charge in [0.1, 0.15) is 23.3 Å². The molecule has 0 amide bonds. The van der Waals surface area contributed by atoms with E-state index < -0.39 is 5.92 Å². The van der Waals surface area contributed by atoms with Crippen LogP contribution in [0.15, 0.2) is 43.0 Å². The highest BCUT2D eigenvalue weighted by molar-refractivity contribution is 6.10. The van der Waals surface area contributed by atoms with Crippen LogP contribution in [0.2, 0.25) is 0 Å². The highest BCUT2D eigenvalue weighted by Crippen LogP contribution is 2.47. The fourth-order valence-electron chi connectivity index (χ4n) is 5.62. The Kier molecular flexibility index (Phi) is 6.26. The van der Waals surface area contributed by atoms with Gasteiger partial charge in [0.2, 0.25) is 0 Å². The van der Waals surface area contributed by atoms with Crippen LogP contribution < -0.4 is 0 Å². The van der Waals surface area contributed by atoms with Crippen molar-refractivity contribution in [3.63, 3.8) is 0 Å². The lowest BCUT2D eigenvalue weighted by Gasteiger charge is -2.46. The van der Waals surface area contributed by atoms with Gasteiger partial charge in [-0.2, -0.15) is 0 Å². The molecule has 0 N–H and O–H groups in total. The number of carbonyl (C=O) groups excluding carboxylic acids is 2. The minimum Gasteiger partial charge on any atom is -0.371 e. The third-order valence-corrected chi connectivity index (χ3v) is 7.28. The zero-order valence-electron chi connectivity index (χ0n) is 19.6. The van der Waals surface area contributed by atoms with E-state index in [0.29, 0.717) is 37.2 Å². The molecule has 2 aromatic carbocycles. The molecule has 4 heteroatoms. The molecule has 1 aliphatic heterocycles. The molecule has 33 heavy (non-hydrogen) atoms. The fraction of sp³-hybridized carbons (Fsp3) is 0.379. The van der Waals surface area contributed by atoms with E-state index in [0.717, 1.165) is 35.1 Å². The molecule has 0 radical (unpaired) electrons. The highest BCUT2D eigenvalue weighted by atomic mass is 19.1. The number of aryl methyl sites for hydroxylation is 2. The Labute approximate surface area is 195 Å². The molecule has 1 aliphatic carbocycles. The van der Waals surface area contributed by atoms with Gasteiger partial charge in [-0.3, -0.25) is 9.59 Å². The van der Waals surface area contributed by atoms with E-state index in [4.69, 9.17) is 0 Å². The fourth-order valence-corrected chi connectivity index (χ4v) is 5.62. The average Bonchev–Trinajstić information content (AvgIpc) is 2.76. The normalized spacial score (nSPS) is 18.2. The van der Waals surface area contributed by atoms with Gasteiger partial charge in [0.25, 0.3) is 0 Å². The topological polar surface area (TPSA) is 37.4 Å². The zero-order valence-corrected chi connectivity index (χ0v) is 19.6. The summed E-state index contributed by atoms with van der Waals surface area (Å²) in [7, 11) is 0. The highest BCUT2D eigenvalue weighted by Gasteiger charge is 2.47. The summed E-state index contributed by atoms with van der Waals surface area (Å²) >= 11 is 0. The number of hydrogen-bond acceptors (Lipinski definition) is 3. The summed E-state index contributed by atoms with van der Waals surface area (Å²) in [5, 5.41) is 0. The minimum absolute atomic E-state index is 0.0214. The van der Waals surface area contributed by atoms with E-state index >= 15 is 0 Å². The van der Waals surface area contributed by atoms with Crippen molar-refractivity contribution in [3.8, 4) is 11.8 Å². The minimum atomic E-state index is -0.675. The van der Waals surface area contributed by atoms with Crippen LogP contribution in [-0.4, -0.2) is 29.6 Å². The monoisotopic (exact) mass is 443 g/mol. The first-order chi connectivity index (χ1) is 15.7. The molecular formula is C29H30FNO2. The van der Waals surface area contributed by atoms with Gasteiger partial charge in [0.15, 0.2) is 0 Å². The van der Waals surface area contributed by atoms with E-state index in [1.54, 1.807) is 25.1 Å².